The number of methoxy groups -OCH3 is 2. The molecule has 0 atom stereocenters. The summed E-state index contributed by atoms with van der Waals surface area (Å²) in [5, 5.41) is 12.0. The Bertz CT molecular complexity index is 577. The van der Waals surface area contributed by atoms with Gasteiger partial charge in [0, 0.05) is 28.4 Å². The van der Waals surface area contributed by atoms with E-state index in [4.69, 9.17) is 20.3 Å². The molecule has 0 aliphatic heterocycles. The molecular weight excluding hydrogens is 308 g/mol. The minimum atomic E-state index is 0. The van der Waals surface area contributed by atoms with Gasteiger partial charge in [-0.2, -0.15) is 0 Å². The topological polar surface area (TPSA) is 66.0 Å². The van der Waals surface area contributed by atoms with Crippen LogP contribution in [0.1, 0.15) is 5.56 Å². The van der Waals surface area contributed by atoms with Crippen LogP contribution < -0.4 is 4.74 Å². The van der Waals surface area contributed by atoms with Crippen LogP contribution >= 0.6 is 25.0 Å². The normalized spacial score (nSPS) is 9.00. The van der Waals surface area contributed by atoms with E-state index in [1.54, 1.807) is 14.2 Å². The smallest absolute Gasteiger partial charge is 0.127 e. The Morgan fingerprint density at radius 2 is 1.62 bits per heavy atom. The first-order valence-electron chi connectivity index (χ1n) is 5.90. The fourth-order valence-electron chi connectivity index (χ4n) is 1.80. The van der Waals surface area contributed by atoms with Gasteiger partial charge in [-0.1, -0.05) is 18.2 Å². The number of nitrogens with zero attached hydrogens (tertiary/aromatic N) is 2. The zero-order chi connectivity index (χ0) is 15.0. The van der Waals surface area contributed by atoms with Crippen LogP contribution in [0.2, 0.25) is 0 Å². The second kappa shape index (κ2) is 10.1. The van der Waals surface area contributed by atoms with Gasteiger partial charge in [-0.05, 0) is 35.4 Å². The third kappa shape index (κ3) is 4.94. The number of halogens is 1. The van der Waals surface area contributed by atoms with Crippen molar-refractivity contribution in [3.05, 3.63) is 48.0 Å². The van der Waals surface area contributed by atoms with Crippen molar-refractivity contribution < 1.29 is 9.47 Å². The molecule has 2 aliphatic rings. The summed E-state index contributed by atoms with van der Waals surface area (Å²) < 4.78 is 10.1. The molecule has 0 radical (unpaired) electrons. The minimum Gasteiger partial charge on any atom is -0.496 e. The predicted molar refractivity (Wildman–Crippen MR) is 87.1 cm³/mol. The van der Waals surface area contributed by atoms with Crippen LogP contribution in [-0.2, 0) is 11.3 Å². The number of benzene rings is 2. The number of hydrogen-bond donors (Lipinski definition) is 1. The molecule has 1 aromatic rings. The lowest BCUT2D eigenvalue weighted by atomic mass is 9.85. The molecule has 0 saturated heterocycles. The maximum absolute atomic E-state index is 6.00. The Balaban J connectivity index is 0.000000351. The van der Waals surface area contributed by atoms with Crippen LogP contribution in [0.5, 0.6) is 5.75 Å². The Kier molecular flexibility index (Phi) is 9.22. The van der Waals surface area contributed by atoms with E-state index in [-0.39, 0.29) is 12.4 Å². The molecule has 0 fully saturated rings. The second-order valence-corrected chi connectivity index (χ2v) is 4.49. The first kappa shape index (κ1) is 19.3. The number of hydrogen-bond acceptors (Lipinski definition) is 5. The van der Waals surface area contributed by atoms with Gasteiger partial charge in [0.05, 0.1) is 13.7 Å². The highest BCUT2D eigenvalue weighted by Gasteiger charge is 2.23. The van der Waals surface area contributed by atoms with Gasteiger partial charge in [0.2, 0.25) is 0 Å². The van der Waals surface area contributed by atoms with Gasteiger partial charge in [-0.15, -0.1) is 25.0 Å². The van der Waals surface area contributed by atoms with Gasteiger partial charge in [0.25, 0.3) is 0 Å². The van der Waals surface area contributed by atoms with Gasteiger partial charge in [-0.25, -0.2) is 0 Å². The molecule has 6 heteroatoms. The van der Waals surface area contributed by atoms with Crippen molar-refractivity contribution >= 4 is 25.0 Å². The highest BCUT2D eigenvalue weighted by molar-refractivity contribution is 7.80. The van der Waals surface area contributed by atoms with E-state index in [2.05, 4.69) is 18.7 Å². The van der Waals surface area contributed by atoms with Gasteiger partial charge in [-0.3, -0.25) is 0 Å². The summed E-state index contributed by atoms with van der Waals surface area (Å²) in [6.45, 7) is 0.715. The quantitative estimate of drug-likeness (QED) is 0.577. The Labute approximate surface area is 136 Å². The molecular formula is C15H17ClN2O2S. The van der Waals surface area contributed by atoms with E-state index in [0.717, 1.165) is 10.6 Å². The molecule has 0 amide bonds. The van der Waals surface area contributed by atoms with Crippen LogP contribution in [0, 0.1) is 10.8 Å². The lowest BCUT2D eigenvalue weighted by Crippen LogP contribution is -2.05. The lowest BCUT2D eigenvalue weighted by Gasteiger charge is -2.24. The Morgan fingerprint density at radius 3 is 1.95 bits per heavy atom. The van der Waals surface area contributed by atoms with Crippen molar-refractivity contribution in [2.75, 3.05) is 14.2 Å². The zero-order valence-corrected chi connectivity index (χ0v) is 13.5. The number of rotatable bonds is 3. The van der Waals surface area contributed by atoms with Gasteiger partial charge >= 0.3 is 0 Å². The first-order chi connectivity index (χ1) is 9.76. The van der Waals surface area contributed by atoms with E-state index >= 15 is 0 Å². The standard InChI is InChI=1S/C9H10O2.C6H6S.ClH.N2/c1-10-5-6-3-8-7(6)4-9(8)11-2;7-6-4-2-1-3-5-6;;1-2/h3-4H,5H2,1-2H3;1-5,7H;1H;. The number of thiol groups is 1. The molecule has 0 heterocycles. The van der Waals surface area contributed by atoms with E-state index in [1.807, 2.05) is 36.4 Å². The molecule has 0 spiro atoms. The van der Waals surface area contributed by atoms with Crippen molar-refractivity contribution in [2.45, 2.75) is 11.5 Å². The summed E-state index contributed by atoms with van der Waals surface area (Å²) in [7, 11) is 3.40. The summed E-state index contributed by atoms with van der Waals surface area (Å²) in [6, 6.07) is 13.9. The third-order valence-electron chi connectivity index (χ3n) is 2.77. The molecule has 21 heavy (non-hydrogen) atoms. The highest BCUT2D eigenvalue weighted by Crippen LogP contribution is 2.46. The summed E-state index contributed by atoms with van der Waals surface area (Å²) in [6.07, 6.45) is 0. The predicted octanol–water partition coefficient (Wildman–Crippen LogP) is 4.25. The van der Waals surface area contributed by atoms with E-state index in [9.17, 15) is 0 Å². The second-order valence-electron chi connectivity index (χ2n) is 3.98. The van der Waals surface area contributed by atoms with Crippen molar-refractivity contribution in [1.82, 2.24) is 0 Å². The van der Waals surface area contributed by atoms with Gasteiger partial charge in [0.15, 0.2) is 0 Å². The molecule has 4 nitrogen and oxygen atoms in total. The average molecular weight is 325 g/mol. The van der Waals surface area contributed by atoms with Gasteiger partial charge in [0.1, 0.15) is 5.75 Å². The Morgan fingerprint density at radius 1 is 1.00 bits per heavy atom. The maximum Gasteiger partial charge on any atom is 0.127 e. The van der Waals surface area contributed by atoms with Crippen LogP contribution in [0.4, 0.5) is 0 Å². The van der Waals surface area contributed by atoms with Crippen LogP contribution in [0.15, 0.2) is 47.4 Å². The van der Waals surface area contributed by atoms with Crippen LogP contribution in [0.3, 0.4) is 0 Å². The third-order valence-corrected chi connectivity index (χ3v) is 3.07. The molecule has 1 aromatic carbocycles. The molecule has 112 valence electrons. The fourth-order valence-corrected chi connectivity index (χ4v) is 1.97. The minimum absolute atomic E-state index is 0. The molecule has 0 bridgehead atoms. The van der Waals surface area contributed by atoms with E-state index < -0.39 is 0 Å². The van der Waals surface area contributed by atoms with Crippen molar-refractivity contribution in [3.8, 4) is 16.9 Å². The van der Waals surface area contributed by atoms with E-state index in [0.29, 0.717) is 6.61 Å². The Hall–Kier alpha value is -1.74. The van der Waals surface area contributed by atoms with Crippen molar-refractivity contribution in [3.63, 3.8) is 0 Å². The molecule has 0 saturated carbocycles. The summed E-state index contributed by atoms with van der Waals surface area (Å²) in [5.74, 6) is 1.000. The summed E-state index contributed by atoms with van der Waals surface area (Å²) >= 11 is 4.08. The fraction of sp³-hybridized carbons (Fsp3) is 0.200. The maximum atomic E-state index is 6.00. The highest BCUT2D eigenvalue weighted by atomic mass is 35.5. The SMILES string of the molecule is COCc1cc2c(OC)cc1-2.Cl.N#N.Sc1ccccc1. The molecule has 2 aliphatic carbocycles. The monoisotopic (exact) mass is 324 g/mol. The average Bonchev–Trinajstić information content (AvgIpc) is 2.48. The van der Waals surface area contributed by atoms with E-state index in [1.165, 1.54) is 16.7 Å². The number of ether oxygens (including phenoxy) is 2. The zero-order valence-electron chi connectivity index (χ0n) is 11.8. The molecule has 3 rings (SSSR count). The number of fused-ring (bicyclic) bond motifs is 1. The molecule has 0 N–H and O–H groups in total. The van der Waals surface area contributed by atoms with Crippen molar-refractivity contribution in [1.29, 1.82) is 10.8 Å². The molecule has 0 unspecified atom stereocenters. The van der Waals surface area contributed by atoms with Crippen molar-refractivity contribution in [2.24, 2.45) is 0 Å². The first-order valence-corrected chi connectivity index (χ1v) is 6.35. The summed E-state index contributed by atoms with van der Waals surface area (Å²) in [4.78, 5) is 1.02. The van der Waals surface area contributed by atoms with Crippen LogP contribution in [0.25, 0.3) is 11.1 Å². The summed E-state index contributed by atoms with van der Waals surface area (Å²) in [5.41, 5.74) is 3.84. The molecule has 0 aromatic heterocycles. The van der Waals surface area contributed by atoms with Crippen LogP contribution in [-0.4, -0.2) is 14.2 Å². The largest absolute Gasteiger partial charge is 0.496 e. The van der Waals surface area contributed by atoms with Gasteiger partial charge < -0.3 is 9.47 Å². The lowest BCUT2D eigenvalue weighted by molar-refractivity contribution is 0.184.